The van der Waals surface area contributed by atoms with Gasteiger partial charge in [0.2, 0.25) is 0 Å². The van der Waals surface area contributed by atoms with Crippen molar-refractivity contribution in [2.75, 3.05) is 19.5 Å². The molecule has 0 radical (unpaired) electrons. The van der Waals surface area contributed by atoms with Gasteiger partial charge in [-0.2, -0.15) is 0 Å². The Balaban J connectivity index is 2.54. The zero-order valence-corrected chi connectivity index (χ0v) is 11.3. The van der Waals surface area contributed by atoms with Crippen LogP contribution in [-0.2, 0) is 0 Å². The molecule has 3 heteroatoms. The first-order valence-corrected chi connectivity index (χ1v) is 6.01. The zero-order chi connectivity index (χ0) is 12.6. The summed E-state index contributed by atoms with van der Waals surface area (Å²) in [7, 11) is 3.38. The summed E-state index contributed by atoms with van der Waals surface area (Å²) in [5, 5.41) is 3.56. The number of ether oxygens (including phenoxy) is 2. The summed E-state index contributed by atoms with van der Waals surface area (Å²) < 4.78 is 10.8. The Morgan fingerprint density at radius 2 is 1.94 bits per heavy atom. The third-order valence-corrected chi connectivity index (χ3v) is 3.37. The maximum absolute atomic E-state index is 5.45. The van der Waals surface area contributed by atoms with Gasteiger partial charge in [-0.1, -0.05) is 6.92 Å². The molecule has 17 heavy (non-hydrogen) atoms. The van der Waals surface area contributed by atoms with Crippen molar-refractivity contribution in [1.82, 2.24) is 0 Å². The van der Waals surface area contributed by atoms with Crippen LogP contribution in [0.15, 0.2) is 12.1 Å². The minimum absolute atomic E-state index is 0.105. The summed E-state index contributed by atoms with van der Waals surface area (Å²) in [5.74, 6) is 2.22. The highest BCUT2D eigenvalue weighted by Crippen LogP contribution is 2.45. The van der Waals surface area contributed by atoms with Crippen molar-refractivity contribution < 1.29 is 9.47 Å². The minimum Gasteiger partial charge on any atom is -0.497 e. The highest BCUT2D eigenvalue weighted by atomic mass is 16.5. The van der Waals surface area contributed by atoms with E-state index in [0.29, 0.717) is 5.92 Å². The fourth-order valence-electron chi connectivity index (χ4n) is 2.68. The number of hydrogen-bond acceptors (Lipinski definition) is 3. The Labute approximate surface area is 103 Å². The van der Waals surface area contributed by atoms with Gasteiger partial charge in [0.15, 0.2) is 0 Å². The molecule has 0 spiro atoms. The predicted molar refractivity (Wildman–Crippen MR) is 70.3 cm³/mol. The predicted octanol–water partition coefficient (Wildman–Crippen LogP) is 3.40. The number of rotatable bonds is 2. The number of nitrogens with one attached hydrogen (secondary N) is 1. The molecule has 1 atom stereocenters. The molecule has 0 saturated carbocycles. The highest BCUT2D eigenvalue weighted by Gasteiger charge is 2.31. The molecule has 1 unspecified atom stereocenters. The van der Waals surface area contributed by atoms with E-state index in [9.17, 15) is 0 Å². The van der Waals surface area contributed by atoms with Crippen LogP contribution in [-0.4, -0.2) is 19.8 Å². The highest BCUT2D eigenvalue weighted by molar-refractivity contribution is 5.68. The Bertz CT molecular complexity index is 426. The minimum atomic E-state index is 0.105. The van der Waals surface area contributed by atoms with Crippen molar-refractivity contribution in [1.29, 1.82) is 0 Å². The van der Waals surface area contributed by atoms with Gasteiger partial charge in [0.05, 0.1) is 19.9 Å². The fraction of sp³-hybridized carbons (Fsp3) is 0.571. The molecule has 0 aromatic heterocycles. The summed E-state index contributed by atoms with van der Waals surface area (Å²) in [6, 6.07) is 4.03. The van der Waals surface area contributed by atoms with Crippen LogP contribution in [0.2, 0.25) is 0 Å². The molecule has 1 heterocycles. The lowest BCUT2D eigenvalue weighted by Gasteiger charge is -2.38. The number of benzene rings is 1. The van der Waals surface area contributed by atoms with Gasteiger partial charge in [0.1, 0.15) is 11.5 Å². The van der Waals surface area contributed by atoms with Crippen molar-refractivity contribution in [3.63, 3.8) is 0 Å². The van der Waals surface area contributed by atoms with Crippen molar-refractivity contribution in [3.8, 4) is 11.5 Å². The normalized spacial score (nSPS) is 21.4. The molecule has 0 aliphatic carbocycles. The van der Waals surface area contributed by atoms with Crippen LogP contribution in [0.1, 0.15) is 38.7 Å². The maximum atomic E-state index is 5.45. The van der Waals surface area contributed by atoms with Crippen LogP contribution in [0.3, 0.4) is 0 Å². The van der Waals surface area contributed by atoms with Crippen molar-refractivity contribution in [3.05, 3.63) is 17.7 Å². The van der Waals surface area contributed by atoms with Gasteiger partial charge in [-0.25, -0.2) is 0 Å². The van der Waals surface area contributed by atoms with Gasteiger partial charge < -0.3 is 14.8 Å². The molecule has 0 fully saturated rings. The SMILES string of the molecule is COc1cc(OC)c2c(c1)C(C)CC(C)(C)N2. The van der Waals surface area contributed by atoms with E-state index < -0.39 is 0 Å². The molecule has 94 valence electrons. The van der Waals surface area contributed by atoms with Gasteiger partial charge in [0, 0.05) is 11.6 Å². The summed E-state index contributed by atoms with van der Waals surface area (Å²) in [6.07, 6.45) is 1.11. The quantitative estimate of drug-likeness (QED) is 0.852. The van der Waals surface area contributed by atoms with Gasteiger partial charge in [0.25, 0.3) is 0 Å². The molecule has 0 bridgehead atoms. The summed E-state index contributed by atoms with van der Waals surface area (Å²) >= 11 is 0. The summed E-state index contributed by atoms with van der Waals surface area (Å²) in [4.78, 5) is 0. The maximum Gasteiger partial charge on any atom is 0.145 e. The second kappa shape index (κ2) is 4.13. The van der Waals surface area contributed by atoms with E-state index in [1.165, 1.54) is 5.56 Å². The number of anilines is 1. The average molecular weight is 235 g/mol. The van der Waals surface area contributed by atoms with Crippen LogP contribution < -0.4 is 14.8 Å². The Morgan fingerprint density at radius 1 is 1.24 bits per heavy atom. The van der Waals surface area contributed by atoms with E-state index >= 15 is 0 Å². The van der Waals surface area contributed by atoms with E-state index in [0.717, 1.165) is 23.6 Å². The molecule has 0 saturated heterocycles. The molecule has 1 aromatic carbocycles. The van der Waals surface area contributed by atoms with E-state index in [1.54, 1.807) is 14.2 Å². The third-order valence-electron chi connectivity index (χ3n) is 3.37. The molecular formula is C14H21NO2. The molecule has 1 aliphatic rings. The van der Waals surface area contributed by atoms with Crippen LogP contribution in [0, 0.1) is 0 Å². The lowest BCUT2D eigenvalue weighted by molar-refractivity contribution is 0.385. The second-order valence-electron chi connectivity index (χ2n) is 5.41. The largest absolute Gasteiger partial charge is 0.497 e. The van der Waals surface area contributed by atoms with Crippen LogP contribution in [0.4, 0.5) is 5.69 Å². The number of methoxy groups -OCH3 is 2. The van der Waals surface area contributed by atoms with Crippen LogP contribution in [0.25, 0.3) is 0 Å². The lowest BCUT2D eigenvalue weighted by atomic mass is 9.81. The standard InChI is InChI=1S/C14H21NO2/c1-9-8-14(2,3)15-13-11(9)6-10(16-4)7-12(13)17-5/h6-7,9,15H,8H2,1-5H3. The van der Waals surface area contributed by atoms with E-state index in [4.69, 9.17) is 9.47 Å². The zero-order valence-electron chi connectivity index (χ0n) is 11.3. The van der Waals surface area contributed by atoms with Gasteiger partial charge in [-0.05, 0) is 37.8 Å². The molecule has 3 nitrogen and oxygen atoms in total. The van der Waals surface area contributed by atoms with Crippen molar-refractivity contribution in [2.24, 2.45) is 0 Å². The smallest absolute Gasteiger partial charge is 0.145 e. The van der Waals surface area contributed by atoms with Gasteiger partial charge in [-0.3, -0.25) is 0 Å². The van der Waals surface area contributed by atoms with Gasteiger partial charge >= 0.3 is 0 Å². The van der Waals surface area contributed by atoms with E-state index in [-0.39, 0.29) is 5.54 Å². The lowest BCUT2D eigenvalue weighted by Crippen LogP contribution is -2.36. The van der Waals surface area contributed by atoms with E-state index in [1.807, 2.05) is 6.07 Å². The monoisotopic (exact) mass is 235 g/mol. The Morgan fingerprint density at radius 3 is 2.53 bits per heavy atom. The second-order valence-corrected chi connectivity index (χ2v) is 5.41. The van der Waals surface area contributed by atoms with Crippen molar-refractivity contribution in [2.45, 2.75) is 38.6 Å². The number of fused-ring (bicyclic) bond motifs is 1. The fourth-order valence-corrected chi connectivity index (χ4v) is 2.68. The van der Waals surface area contributed by atoms with Crippen molar-refractivity contribution >= 4 is 5.69 Å². The number of hydrogen-bond donors (Lipinski definition) is 1. The molecular weight excluding hydrogens is 214 g/mol. The summed E-state index contributed by atoms with van der Waals surface area (Å²) in [5.41, 5.74) is 2.49. The Kier molecular flexibility index (Phi) is 2.94. The molecule has 1 aromatic rings. The van der Waals surface area contributed by atoms with E-state index in [2.05, 4.69) is 32.2 Å². The average Bonchev–Trinajstić information content (AvgIpc) is 2.26. The Hall–Kier alpha value is -1.38. The first-order chi connectivity index (χ1) is 7.96. The molecule has 0 amide bonds. The molecule has 1 aliphatic heterocycles. The summed E-state index contributed by atoms with van der Waals surface area (Å²) in [6.45, 7) is 6.69. The molecule has 1 N–H and O–H groups in total. The topological polar surface area (TPSA) is 30.5 Å². The first kappa shape index (κ1) is 12.1. The third kappa shape index (κ3) is 2.19. The molecule has 2 rings (SSSR count). The van der Waals surface area contributed by atoms with Crippen LogP contribution in [0.5, 0.6) is 11.5 Å². The van der Waals surface area contributed by atoms with Crippen LogP contribution >= 0.6 is 0 Å². The first-order valence-electron chi connectivity index (χ1n) is 6.01. The van der Waals surface area contributed by atoms with Gasteiger partial charge in [-0.15, -0.1) is 0 Å².